The van der Waals surface area contributed by atoms with Crippen LogP contribution in [-0.2, 0) is 11.3 Å². The van der Waals surface area contributed by atoms with Gasteiger partial charge in [0.1, 0.15) is 0 Å². The molecule has 1 aliphatic carbocycles. The van der Waals surface area contributed by atoms with Crippen LogP contribution >= 0.6 is 12.4 Å². The fourth-order valence-corrected chi connectivity index (χ4v) is 3.38. The maximum atomic E-state index is 12.2. The van der Waals surface area contributed by atoms with Crippen LogP contribution in [0.1, 0.15) is 44.1 Å². The third-order valence-electron chi connectivity index (χ3n) is 4.70. The predicted molar refractivity (Wildman–Crippen MR) is 96.0 cm³/mol. The zero-order chi connectivity index (χ0) is 16.1. The first-order valence-electron chi connectivity index (χ1n) is 8.61. The molecular weight excluding hydrogens is 328 g/mol. The second-order valence-electron chi connectivity index (χ2n) is 6.34. The molecule has 5 nitrogen and oxygen atoms in total. The third-order valence-corrected chi connectivity index (χ3v) is 4.70. The quantitative estimate of drug-likeness (QED) is 0.824. The van der Waals surface area contributed by atoms with Gasteiger partial charge in [0.2, 0.25) is 5.91 Å². The van der Waals surface area contributed by atoms with Crippen LogP contribution in [0.2, 0.25) is 0 Å². The Bertz CT molecular complexity index is 541. The molecule has 2 fully saturated rings. The molecular formula is C18H27ClN2O3. The van der Waals surface area contributed by atoms with Gasteiger partial charge in [-0.25, -0.2) is 0 Å². The van der Waals surface area contributed by atoms with Crippen LogP contribution in [0.3, 0.4) is 0 Å². The normalized spacial score (nSPS) is 20.5. The molecule has 1 heterocycles. The van der Waals surface area contributed by atoms with Crippen molar-refractivity contribution in [2.75, 3.05) is 13.7 Å². The average molecular weight is 355 g/mol. The molecule has 1 aliphatic heterocycles. The van der Waals surface area contributed by atoms with E-state index in [-0.39, 0.29) is 30.5 Å². The van der Waals surface area contributed by atoms with E-state index in [0.29, 0.717) is 6.54 Å². The minimum atomic E-state index is -0.0557. The van der Waals surface area contributed by atoms with Gasteiger partial charge < -0.3 is 20.1 Å². The summed E-state index contributed by atoms with van der Waals surface area (Å²) in [6, 6.07) is 5.79. The van der Waals surface area contributed by atoms with Crippen LogP contribution < -0.4 is 20.1 Å². The fourth-order valence-electron chi connectivity index (χ4n) is 3.38. The summed E-state index contributed by atoms with van der Waals surface area (Å²) in [5.41, 5.74) is 0.975. The molecule has 134 valence electrons. The summed E-state index contributed by atoms with van der Waals surface area (Å²) in [6.45, 7) is 1.39. The number of rotatable bonds is 6. The molecule has 0 aromatic heterocycles. The van der Waals surface area contributed by atoms with Crippen LogP contribution in [0.15, 0.2) is 18.2 Å². The molecule has 1 saturated heterocycles. The summed E-state index contributed by atoms with van der Waals surface area (Å²) >= 11 is 0. The summed E-state index contributed by atoms with van der Waals surface area (Å²) in [7, 11) is 1.65. The van der Waals surface area contributed by atoms with Gasteiger partial charge in [-0.2, -0.15) is 0 Å². The molecule has 2 N–H and O–H groups in total. The number of para-hydroxylation sites is 1. The summed E-state index contributed by atoms with van der Waals surface area (Å²) in [5.74, 6) is 1.58. The van der Waals surface area contributed by atoms with E-state index in [1.807, 2.05) is 18.2 Å². The van der Waals surface area contributed by atoms with Crippen molar-refractivity contribution >= 4 is 18.3 Å². The Morgan fingerprint density at radius 2 is 2.04 bits per heavy atom. The van der Waals surface area contributed by atoms with E-state index < -0.39 is 0 Å². The number of ether oxygens (including phenoxy) is 2. The van der Waals surface area contributed by atoms with Crippen molar-refractivity contribution in [1.29, 1.82) is 0 Å². The smallest absolute Gasteiger partial charge is 0.237 e. The topological polar surface area (TPSA) is 59.6 Å². The first kappa shape index (κ1) is 18.9. The standard InChI is InChI=1S/C18H26N2O3.ClH/c1-22-16-10-4-6-13(17(16)23-14-7-2-3-8-14)12-20-18(21)15-9-5-11-19-15;/h4,6,10,14-15,19H,2-3,5,7-9,11-12H2,1H3,(H,20,21);1H. The van der Waals surface area contributed by atoms with Crippen molar-refractivity contribution in [1.82, 2.24) is 10.6 Å². The first-order chi connectivity index (χ1) is 11.3. The maximum absolute atomic E-state index is 12.2. The van der Waals surface area contributed by atoms with Crippen molar-refractivity contribution in [3.63, 3.8) is 0 Å². The minimum absolute atomic E-state index is 0. The molecule has 24 heavy (non-hydrogen) atoms. The molecule has 1 unspecified atom stereocenters. The lowest BCUT2D eigenvalue weighted by atomic mass is 10.1. The molecule has 1 saturated carbocycles. The van der Waals surface area contributed by atoms with Gasteiger partial charge in [-0.3, -0.25) is 4.79 Å². The van der Waals surface area contributed by atoms with E-state index in [2.05, 4.69) is 10.6 Å². The molecule has 1 atom stereocenters. The summed E-state index contributed by atoms with van der Waals surface area (Å²) in [6.07, 6.45) is 6.87. The number of amides is 1. The zero-order valence-corrected chi connectivity index (χ0v) is 15.0. The molecule has 6 heteroatoms. The summed E-state index contributed by atoms with van der Waals surface area (Å²) < 4.78 is 11.6. The zero-order valence-electron chi connectivity index (χ0n) is 14.2. The van der Waals surface area contributed by atoms with Crippen LogP contribution in [0.25, 0.3) is 0 Å². The van der Waals surface area contributed by atoms with Crippen LogP contribution in [0.5, 0.6) is 11.5 Å². The second-order valence-corrected chi connectivity index (χ2v) is 6.34. The average Bonchev–Trinajstić information content (AvgIpc) is 3.27. The van der Waals surface area contributed by atoms with Crippen molar-refractivity contribution in [2.24, 2.45) is 0 Å². The number of halogens is 1. The Morgan fingerprint density at radius 3 is 2.71 bits per heavy atom. The molecule has 0 bridgehead atoms. The summed E-state index contributed by atoms with van der Waals surface area (Å²) in [4.78, 5) is 12.2. The lowest BCUT2D eigenvalue weighted by Crippen LogP contribution is -2.40. The second kappa shape index (κ2) is 9.14. The Labute approximate surface area is 149 Å². The van der Waals surface area contributed by atoms with E-state index >= 15 is 0 Å². The first-order valence-corrected chi connectivity index (χ1v) is 8.61. The van der Waals surface area contributed by atoms with Gasteiger partial charge in [0.25, 0.3) is 0 Å². The van der Waals surface area contributed by atoms with Gasteiger partial charge in [0.15, 0.2) is 11.5 Å². The molecule has 1 aromatic rings. The van der Waals surface area contributed by atoms with E-state index in [0.717, 1.165) is 49.3 Å². The lowest BCUT2D eigenvalue weighted by molar-refractivity contribution is -0.122. The number of benzene rings is 1. The van der Waals surface area contributed by atoms with Gasteiger partial charge in [0, 0.05) is 12.1 Å². The van der Waals surface area contributed by atoms with E-state index in [1.165, 1.54) is 12.8 Å². The van der Waals surface area contributed by atoms with Crippen LogP contribution in [0, 0.1) is 0 Å². The monoisotopic (exact) mass is 354 g/mol. The van der Waals surface area contributed by atoms with Gasteiger partial charge in [-0.15, -0.1) is 12.4 Å². The molecule has 3 rings (SSSR count). The van der Waals surface area contributed by atoms with Gasteiger partial charge in [-0.05, 0) is 51.1 Å². The molecule has 1 amide bonds. The van der Waals surface area contributed by atoms with Gasteiger partial charge in [-0.1, -0.05) is 12.1 Å². The number of carbonyl (C=O) groups excluding carboxylic acids is 1. The Kier molecular flexibility index (Phi) is 7.18. The highest BCUT2D eigenvalue weighted by molar-refractivity contribution is 5.85. The van der Waals surface area contributed by atoms with E-state index in [4.69, 9.17) is 9.47 Å². The molecule has 2 aliphatic rings. The highest BCUT2D eigenvalue weighted by Gasteiger charge is 2.23. The van der Waals surface area contributed by atoms with Crippen LogP contribution in [0.4, 0.5) is 0 Å². The highest BCUT2D eigenvalue weighted by Crippen LogP contribution is 2.34. The fraction of sp³-hybridized carbons (Fsp3) is 0.611. The molecule has 0 spiro atoms. The number of nitrogens with one attached hydrogen (secondary N) is 2. The lowest BCUT2D eigenvalue weighted by Gasteiger charge is -2.20. The molecule has 1 aromatic carbocycles. The number of methoxy groups -OCH3 is 1. The van der Waals surface area contributed by atoms with E-state index in [9.17, 15) is 4.79 Å². The highest BCUT2D eigenvalue weighted by atomic mass is 35.5. The van der Waals surface area contributed by atoms with Crippen molar-refractivity contribution in [3.05, 3.63) is 23.8 Å². The number of hydrogen-bond acceptors (Lipinski definition) is 4. The molecule has 0 radical (unpaired) electrons. The van der Waals surface area contributed by atoms with Crippen molar-refractivity contribution < 1.29 is 14.3 Å². The van der Waals surface area contributed by atoms with Crippen LogP contribution in [-0.4, -0.2) is 31.7 Å². The number of carbonyl (C=O) groups is 1. The number of hydrogen-bond donors (Lipinski definition) is 2. The predicted octanol–water partition coefficient (Wildman–Crippen LogP) is 2.81. The SMILES string of the molecule is COc1cccc(CNC(=O)C2CCCN2)c1OC1CCCC1.Cl. The van der Waals surface area contributed by atoms with Gasteiger partial charge in [0.05, 0.1) is 19.3 Å². The maximum Gasteiger partial charge on any atom is 0.237 e. The largest absolute Gasteiger partial charge is 0.493 e. The Morgan fingerprint density at radius 1 is 1.25 bits per heavy atom. The third kappa shape index (κ3) is 4.54. The summed E-state index contributed by atoms with van der Waals surface area (Å²) in [5, 5.41) is 6.24. The van der Waals surface area contributed by atoms with E-state index in [1.54, 1.807) is 7.11 Å². The van der Waals surface area contributed by atoms with Gasteiger partial charge >= 0.3 is 0 Å². The van der Waals surface area contributed by atoms with Crippen molar-refractivity contribution in [2.45, 2.75) is 57.2 Å². The minimum Gasteiger partial charge on any atom is -0.493 e. The van der Waals surface area contributed by atoms with Crippen molar-refractivity contribution in [3.8, 4) is 11.5 Å². The Hall–Kier alpha value is -1.46. The Balaban J connectivity index is 0.00000208.